The van der Waals surface area contributed by atoms with E-state index in [9.17, 15) is 10.1 Å². The maximum atomic E-state index is 12.7. The lowest BCUT2D eigenvalue weighted by molar-refractivity contribution is 0.414. The fourth-order valence-electron chi connectivity index (χ4n) is 2.88. The lowest BCUT2D eigenvalue weighted by Crippen LogP contribution is -2.29. The van der Waals surface area contributed by atoms with E-state index in [1.165, 1.54) is 0 Å². The minimum atomic E-state index is -0.267. The van der Waals surface area contributed by atoms with Gasteiger partial charge in [-0.25, -0.2) is 4.98 Å². The predicted octanol–water partition coefficient (Wildman–Crippen LogP) is 3.58. The highest BCUT2D eigenvalue weighted by Gasteiger charge is 2.23. The second-order valence-corrected chi connectivity index (χ2v) is 8.12. The normalized spacial score (nSPS) is 13.9. The molecule has 0 unspecified atom stereocenters. The smallest absolute Gasteiger partial charge is 0.272 e. The zero-order chi connectivity index (χ0) is 18.2. The summed E-state index contributed by atoms with van der Waals surface area (Å²) in [6.07, 6.45) is 0.910. The Labute approximate surface area is 151 Å². The quantitative estimate of drug-likeness (QED) is 0.770. The second kappa shape index (κ2) is 6.57. The summed E-state index contributed by atoms with van der Waals surface area (Å²) in [6.45, 7) is 7.00. The van der Waals surface area contributed by atoms with Gasteiger partial charge < -0.3 is 4.74 Å². The van der Waals surface area contributed by atoms with Crippen LogP contribution in [-0.2, 0) is 12.0 Å². The number of ether oxygens (including phenoxy) is 1. The molecule has 1 aliphatic rings. The number of thioether (sulfide) groups is 1. The van der Waals surface area contributed by atoms with Crippen LogP contribution in [0.1, 0.15) is 38.3 Å². The molecule has 2 aromatic rings. The summed E-state index contributed by atoms with van der Waals surface area (Å²) in [6, 6.07) is 7.91. The Kier molecular flexibility index (Phi) is 4.61. The molecule has 0 aliphatic carbocycles. The first kappa shape index (κ1) is 17.6. The highest BCUT2D eigenvalue weighted by molar-refractivity contribution is 7.99. The summed E-state index contributed by atoms with van der Waals surface area (Å²) in [4.78, 5) is 17.3. The summed E-state index contributed by atoms with van der Waals surface area (Å²) in [5, 5.41) is 10.2. The lowest BCUT2D eigenvalue weighted by Gasteiger charge is -2.22. The van der Waals surface area contributed by atoms with Crippen molar-refractivity contribution in [1.29, 1.82) is 5.26 Å². The van der Waals surface area contributed by atoms with Crippen LogP contribution in [-0.4, -0.2) is 22.4 Å². The topological polar surface area (TPSA) is 67.9 Å². The standard InChI is InChI=1S/C19H21N3O2S/c1-19(2,3)12-6-7-13(15(10-12)24-4)16-14(11-20)17(23)22-8-5-9-25-18(22)21-16/h6-7,10H,5,8-9H2,1-4H3. The number of hydrogen-bond donors (Lipinski definition) is 0. The number of benzene rings is 1. The summed E-state index contributed by atoms with van der Waals surface area (Å²) < 4.78 is 7.16. The molecule has 0 saturated heterocycles. The van der Waals surface area contributed by atoms with Gasteiger partial charge in [-0.15, -0.1) is 0 Å². The van der Waals surface area contributed by atoms with Gasteiger partial charge in [0, 0.05) is 17.9 Å². The van der Waals surface area contributed by atoms with Crippen LogP contribution >= 0.6 is 11.8 Å². The zero-order valence-corrected chi connectivity index (χ0v) is 15.7. The Balaban J connectivity index is 2.25. The fourth-order valence-corrected chi connectivity index (χ4v) is 3.82. The Morgan fingerprint density at radius 1 is 1.36 bits per heavy atom. The van der Waals surface area contributed by atoms with Crippen LogP contribution < -0.4 is 10.3 Å². The molecule has 0 fully saturated rings. The highest BCUT2D eigenvalue weighted by atomic mass is 32.2. The molecule has 0 radical (unpaired) electrons. The van der Waals surface area contributed by atoms with Crippen LogP contribution in [0.4, 0.5) is 0 Å². The van der Waals surface area contributed by atoms with Crippen molar-refractivity contribution in [3.8, 4) is 23.1 Å². The number of aromatic nitrogens is 2. The Bertz CT molecular complexity index is 920. The van der Waals surface area contributed by atoms with Crippen LogP contribution in [0, 0.1) is 11.3 Å². The monoisotopic (exact) mass is 355 g/mol. The molecule has 1 aromatic carbocycles. The van der Waals surface area contributed by atoms with Crippen molar-refractivity contribution in [3.63, 3.8) is 0 Å². The van der Waals surface area contributed by atoms with Crippen molar-refractivity contribution in [1.82, 2.24) is 9.55 Å². The minimum Gasteiger partial charge on any atom is -0.496 e. The highest BCUT2D eigenvalue weighted by Crippen LogP contribution is 2.35. The van der Waals surface area contributed by atoms with E-state index in [1.807, 2.05) is 24.3 Å². The molecule has 0 saturated carbocycles. The van der Waals surface area contributed by atoms with Crippen molar-refractivity contribution in [3.05, 3.63) is 39.7 Å². The van der Waals surface area contributed by atoms with Crippen molar-refractivity contribution in [2.45, 2.75) is 44.3 Å². The first-order valence-electron chi connectivity index (χ1n) is 8.23. The molecule has 1 aliphatic heterocycles. The number of fused-ring (bicyclic) bond motifs is 1. The molecule has 0 atom stereocenters. The van der Waals surface area contributed by atoms with Gasteiger partial charge in [0.1, 0.15) is 23.1 Å². The average molecular weight is 355 g/mol. The number of nitriles is 1. The fraction of sp³-hybridized carbons (Fsp3) is 0.421. The molecule has 1 aromatic heterocycles. The van der Waals surface area contributed by atoms with Gasteiger partial charge in [0.2, 0.25) is 0 Å². The Hall–Kier alpha value is -2.26. The van der Waals surface area contributed by atoms with E-state index in [0.29, 0.717) is 28.7 Å². The van der Waals surface area contributed by atoms with E-state index < -0.39 is 0 Å². The van der Waals surface area contributed by atoms with E-state index in [2.05, 4.69) is 25.8 Å². The maximum absolute atomic E-state index is 12.7. The average Bonchev–Trinajstić information content (AvgIpc) is 2.60. The molecule has 0 bridgehead atoms. The van der Waals surface area contributed by atoms with E-state index in [0.717, 1.165) is 17.7 Å². The molecule has 3 rings (SSSR count). The van der Waals surface area contributed by atoms with Gasteiger partial charge in [-0.05, 0) is 29.5 Å². The first-order valence-corrected chi connectivity index (χ1v) is 9.22. The molecule has 5 nitrogen and oxygen atoms in total. The van der Waals surface area contributed by atoms with Crippen LogP contribution in [0.5, 0.6) is 5.75 Å². The molecule has 0 spiro atoms. The number of rotatable bonds is 2. The third-order valence-electron chi connectivity index (χ3n) is 4.33. The second-order valence-electron chi connectivity index (χ2n) is 7.05. The summed E-state index contributed by atoms with van der Waals surface area (Å²) >= 11 is 1.55. The van der Waals surface area contributed by atoms with Crippen molar-refractivity contribution in [2.24, 2.45) is 0 Å². The summed E-state index contributed by atoms with van der Waals surface area (Å²) in [5.41, 5.74) is 1.99. The molecular formula is C19H21N3O2S. The van der Waals surface area contributed by atoms with Crippen LogP contribution in [0.25, 0.3) is 11.3 Å². The summed E-state index contributed by atoms with van der Waals surface area (Å²) in [7, 11) is 1.59. The van der Waals surface area contributed by atoms with Crippen molar-refractivity contribution >= 4 is 11.8 Å². The maximum Gasteiger partial charge on any atom is 0.272 e. The first-order chi connectivity index (χ1) is 11.9. The predicted molar refractivity (Wildman–Crippen MR) is 99.2 cm³/mol. The number of hydrogen-bond acceptors (Lipinski definition) is 5. The van der Waals surface area contributed by atoms with E-state index >= 15 is 0 Å². The summed E-state index contributed by atoms with van der Waals surface area (Å²) in [5.74, 6) is 1.55. The van der Waals surface area contributed by atoms with Gasteiger partial charge in [-0.1, -0.05) is 38.6 Å². The third-order valence-corrected chi connectivity index (χ3v) is 5.39. The number of methoxy groups -OCH3 is 1. The minimum absolute atomic E-state index is 0.0253. The van der Waals surface area contributed by atoms with E-state index in [1.54, 1.807) is 23.4 Å². The van der Waals surface area contributed by atoms with Gasteiger partial charge in [0.25, 0.3) is 5.56 Å². The molecule has 6 heteroatoms. The third kappa shape index (κ3) is 3.16. The van der Waals surface area contributed by atoms with Crippen molar-refractivity contribution < 1.29 is 4.74 Å². The van der Waals surface area contributed by atoms with Crippen LogP contribution in [0.3, 0.4) is 0 Å². The molecule has 130 valence electrons. The van der Waals surface area contributed by atoms with E-state index in [4.69, 9.17) is 4.74 Å². The van der Waals surface area contributed by atoms with Gasteiger partial charge in [0.15, 0.2) is 5.16 Å². The van der Waals surface area contributed by atoms with Gasteiger partial charge in [-0.3, -0.25) is 9.36 Å². The molecule has 25 heavy (non-hydrogen) atoms. The molecular weight excluding hydrogens is 334 g/mol. The molecule has 0 amide bonds. The molecule has 0 N–H and O–H groups in total. The number of nitrogens with zero attached hydrogens (tertiary/aromatic N) is 3. The van der Waals surface area contributed by atoms with Crippen molar-refractivity contribution in [2.75, 3.05) is 12.9 Å². The van der Waals surface area contributed by atoms with Crippen LogP contribution in [0.15, 0.2) is 28.2 Å². The van der Waals surface area contributed by atoms with Gasteiger partial charge in [0.05, 0.1) is 7.11 Å². The van der Waals surface area contributed by atoms with Gasteiger partial charge in [-0.2, -0.15) is 5.26 Å². The SMILES string of the molecule is COc1cc(C(C)(C)C)ccc1-c1nc2n(c(=O)c1C#N)CCCS2. The Morgan fingerprint density at radius 3 is 2.76 bits per heavy atom. The largest absolute Gasteiger partial charge is 0.496 e. The van der Waals surface area contributed by atoms with Crippen LogP contribution in [0.2, 0.25) is 0 Å². The molecule has 2 heterocycles. The van der Waals surface area contributed by atoms with E-state index in [-0.39, 0.29) is 16.5 Å². The zero-order valence-electron chi connectivity index (χ0n) is 14.9. The lowest BCUT2D eigenvalue weighted by atomic mass is 9.86. The van der Waals surface area contributed by atoms with Gasteiger partial charge >= 0.3 is 0 Å². The Morgan fingerprint density at radius 2 is 2.12 bits per heavy atom.